The fourth-order valence-electron chi connectivity index (χ4n) is 3.38. The van der Waals surface area contributed by atoms with Gasteiger partial charge in [0.25, 0.3) is 0 Å². The maximum absolute atomic E-state index is 12.6. The van der Waals surface area contributed by atoms with Crippen LogP contribution >= 0.6 is 0 Å². The van der Waals surface area contributed by atoms with Gasteiger partial charge in [0, 0.05) is 52.0 Å². The number of nitrogens with zero attached hydrogens (tertiary/aromatic N) is 4. The van der Waals surface area contributed by atoms with Crippen LogP contribution < -0.4 is 10.6 Å². The van der Waals surface area contributed by atoms with Crippen LogP contribution in [0, 0.1) is 5.92 Å². The number of halogens is 3. The van der Waals surface area contributed by atoms with Crippen molar-refractivity contribution >= 4 is 21.6 Å². The summed E-state index contributed by atoms with van der Waals surface area (Å²) in [7, 11) is -3.60. The zero-order valence-electron chi connectivity index (χ0n) is 16.6. The standard InChI is InChI=1S/C18H25F3N6O2S/c1-22-17(23-8-5-15-13-26-9-3-2-4-16(26)25-15)24-12-14-6-10-27(11-7-14)30(28,29)18(19,20)21/h2-4,9,13-14H,5-8,10-12H2,1H3,(H2,22,23,24). The first-order valence-electron chi connectivity index (χ1n) is 9.64. The topological polar surface area (TPSA) is 91.1 Å². The van der Waals surface area contributed by atoms with Gasteiger partial charge >= 0.3 is 15.5 Å². The molecule has 1 aliphatic heterocycles. The molecule has 0 aromatic carbocycles. The summed E-state index contributed by atoms with van der Waals surface area (Å²) in [6.45, 7) is 0.863. The molecule has 3 heterocycles. The van der Waals surface area contributed by atoms with Crippen LogP contribution in [0.15, 0.2) is 35.6 Å². The van der Waals surface area contributed by atoms with Gasteiger partial charge in [-0.2, -0.15) is 17.5 Å². The Balaban J connectivity index is 1.40. The molecular weight excluding hydrogens is 421 g/mol. The van der Waals surface area contributed by atoms with Crippen LogP contribution in [0.3, 0.4) is 0 Å². The van der Waals surface area contributed by atoms with Crippen molar-refractivity contribution in [3.05, 3.63) is 36.3 Å². The largest absolute Gasteiger partial charge is 0.511 e. The highest BCUT2D eigenvalue weighted by Gasteiger charge is 2.50. The van der Waals surface area contributed by atoms with E-state index < -0.39 is 15.5 Å². The number of fused-ring (bicyclic) bond motifs is 1. The number of aliphatic imine (C=N–C) groups is 1. The van der Waals surface area contributed by atoms with Crippen LogP contribution in [0.2, 0.25) is 0 Å². The number of aromatic nitrogens is 2. The van der Waals surface area contributed by atoms with Gasteiger partial charge < -0.3 is 15.0 Å². The average molecular weight is 446 g/mol. The van der Waals surface area contributed by atoms with E-state index in [1.54, 1.807) is 7.05 Å². The molecule has 12 heteroatoms. The third-order valence-corrected chi connectivity index (χ3v) is 6.71. The fourth-order valence-corrected chi connectivity index (χ4v) is 4.36. The summed E-state index contributed by atoms with van der Waals surface area (Å²) in [6, 6.07) is 5.80. The maximum atomic E-state index is 12.6. The molecular formula is C18H25F3N6O2S. The van der Waals surface area contributed by atoms with Crippen LogP contribution in [-0.2, 0) is 16.4 Å². The molecule has 0 amide bonds. The van der Waals surface area contributed by atoms with Gasteiger partial charge in [0.15, 0.2) is 5.96 Å². The lowest BCUT2D eigenvalue weighted by atomic mass is 9.98. The minimum absolute atomic E-state index is 0.0710. The maximum Gasteiger partial charge on any atom is 0.511 e. The van der Waals surface area contributed by atoms with Gasteiger partial charge in [-0.15, -0.1) is 0 Å². The van der Waals surface area contributed by atoms with Gasteiger partial charge in [-0.25, -0.2) is 13.4 Å². The van der Waals surface area contributed by atoms with E-state index in [1.165, 1.54) is 0 Å². The molecule has 8 nitrogen and oxygen atoms in total. The Morgan fingerprint density at radius 1 is 1.27 bits per heavy atom. The second kappa shape index (κ2) is 9.21. The fraction of sp³-hybridized carbons (Fsp3) is 0.556. The highest BCUT2D eigenvalue weighted by Crippen LogP contribution is 2.30. The van der Waals surface area contributed by atoms with Crippen LogP contribution in [-0.4, -0.2) is 66.8 Å². The monoisotopic (exact) mass is 446 g/mol. The first kappa shape index (κ1) is 22.3. The van der Waals surface area contributed by atoms with Gasteiger partial charge in [-0.1, -0.05) is 6.07 Å². The first-order valence-corrected chi connectivity index (χ1v) is 11.1. The quantitative estimate of drug-likeness (QED) is 0.520. The molecule has 0 atom stereocenters. The second-order valence-electron chi connectivity index (χ2n) is 7.12. The number of hydrogen-bond acceptors (Lipinski definition) is 4. The summed E-state index contributed by atoms with van der Waals surface area (Å²) in [6.07, 6.45) is 5.33. The van der Waals surface area contributed by atoms with E-state index in [0.717, 1.165) is 11.3 Å². The van der Waals surface area contributed by atoms with E-state index >= 15 is 0 Å². The Hall–Kier alpha value is -2.34. The van der Waals surface area contributed by atoms with Crippen LogP contribution in [0.4, 0.5) is 13.2 Å². The molecule has 2 N–H and O–H groups in total. The van der Waals surface area contributed by atoms with Crippen molar-refractivity contribution in [1.29, 1.82) is 0 Å². The molecule has 0 spiro atoms. The first-order chi connectivity index (χ1) is 14.2. The van der Waals surface area contributed by atoms with Crippen molar-refractivity contribution in [2.45, 2.75) is 24.8 Å². The summed E-state index contributed by atoms with van der Waals surface area (Å²) < 4.78 is 63.3. The molecule has 1 fully saturated rings. The van der Waals surface area contributed by atoms with Gasteiger partial charge in [0.05, 0.1) is 5.69 Å². The molecule has 0 aliphatic carbocycles. The zero-order valence-corrected chi connectivity index (χ0v) is 17.4. The summed E-state index contributed by atoms with van der Waals surface area (Å²) in [4.78, 5) is 8.67. The Bertz CT molecular complexity index is 948. The molecule has 166 valence electrons. The van der Waals surface area contributed by atoms with Gasteiger partial charge in [-0.3, -0.25) is 4.99 Å². The predicted octanol–water partition coefficient (Wildman–Crippen LogP) is 1.60. The number of imidazole rings is 1. The van der Waals surface area contributed by atoms with Crippen molar-refractivity contribution < 1.29 is 21.6 Å². The number of nitrogens with one attached hydrogen (secondary N) is 2. The number of sulfonamides is 1. The smallest absolute Gasteiger partial charge is 0.356 e. The molecule has 2 aromatic rings. The lowest BCUT2D eigenvalue weighted by molar-refractivity contribution is -0.0496. The molecule has 1 saturated heterocycles. The second-order valence-corrected chi connectivity index (χ2v) is 9.05. The number of pyridine rings is 1. The van der Waals surface area contributed by atoms with Crippen LogP contribution in [0.1, 0.15) is 18.5 Å². The molecule has 2 aromatic heterocycles. The third-order valence-electron chi connectivity index (χ3n) is 5.08. The average Bonchev–Trinajstić information content (AvgIpc) is 3.13. The van der Waals surface area contributed by atoms with Crippen molar-refractivity contribution in [3.63, 3.8) is 0 Å². The molecule has 0 unspecified atom stereocenters. The van der Waals surface area contributed by atoms with E-state index in [4.69, 9.17) is 0 Å². The Labute approximate surface area is 173 Å². The normalized spacial score (nSPS) is 17.4. The van der Waals surface area contributed by atoms with Gasteiger partial charge in [0.2, 0.25) is 0 Å². The number of piperidine rings is 1. The summed E-state index contributed by atoms with van der Waals surface area (Å²) >= 11 is 0. The number of alkyl halides is 3. The molecule has 30 heavy (non-hydrogen) atoms. The van der Waals surface area contributed by atoms with Crippen LogP contribution in [0.5, 0.6) is 0 Å². The lowest BCUT2D eigenvalue weighted by Crippen LogP contribution is -2.47. The number of hydrogen-bond donors (Lipinski definition) is 2. The molecule has 0 saturated carbocycles. The summed E-state index contributed by atoms with van der Waals surface area (Å²) in [5, 5.41) is 6.35. The van der Waals surface area contributed by atoms with E-state index in [0.29, 0.717) is 42.6 Å². The van der Waals surface area contributed by atoms with Crippen LogP contribution in [0.25, 0.3) is 5.65 Å². The third kappa shape index (κ3) is 5.22. The molecule has 3 rings (SSSR count). The molecule has 0 bridgehead atoms. The SMILES string of the molecule is CN=C(NCCc1cn2ccccc2n1)NCC1CCN(S(=O)(=O)C(F)(F)F)CC1. The van der Waals surface area contributed by atoms with Crippen molar-refractivity contribution in [3.8, 4) is 0 Å². The minimum atomic E-state index is -5.25. The number of rotatable bonds is 6. The minimum Gasteiger partial charge on any atom is -0.356 e. The van der Waals surface area contributed by atoms with Crippen molar-refractivity contribution in [2.75, 3.05) is 33.2 Å². The van der Waals surface area contributed by atoms with E-state index in [2.05, 4.69) is 20.6 Å². The summed E-state index contributed by atoms with van der Waals surface area (Å²) in [5.74, 6) is 0.658. The lowest BCUT2D eigenvalue weighted by Gasteiger charge is -2.31. The van der Waals surface area contributed by atoms with Gasteiger partial charge in [0.1, 0.15) is 5.65 Å². The Kier molecular flexibility index (Phi) is 6.86. The van der Waals surface area contributed by atoms with Crippen molar-refractivity contribution in [1.82, 2.24) is 24.3 Å². The molecule has 0 radical (unpaired) electrons. The Morgan fingerprint density at radius 2 is 2.00 bits per heavy atom. The zero-order chi connectivity index (χ0) is 21.8. The highest BCUT2D eigenvalue weighted by atomic mass is 32.2. The van der Waals surface area contributed by atoms with E-state index in [-0.39, 0.29) is 19.0 Å². The predicted molar refractivity (Wildman–Crippen MR) is 108 cm³/mol. The summed E-state index contributed by atoms with van der Waals surface area (Å²) in [5.41, 5.74) is -3.42. The highest BCUT2D eigenvalue weighted by molar-refractivity contribution is 7.90. The van der Waals surface area contributed by atoms with E-state index in [1.807, 2.05) is 35.0 Å². The Morgan fingerprint density at radius 3 is 2.63 bits per heavy atom. The van der Waals surface area contributed by atoms with Crippen molar-refractivity contribution in [2.24, 2.45) is 10.9 Å². The van der Waals surface area contributed by atoms with Gasteiger partial charge in [-0.05, 0) is 30.9 Å². The number of guanidine groups is 1. The molecule has 1 aliphatic rings. The van der Waals surface area contributed by atoms with E-state index in [9.17, 15) is 21.6 Å².